The van der Waals surface area contributed by atoms with Gasteiger partial charge in [-0.1, -0.05) is 173 Å². The zero-order chi connectivity index (χ0) is 26.9. The molecule has 0 saturated heterocycles. The van der Waals surface area contributed by atoms with Crippen LogP contribution >= 0.6 is 0 Å². The topological polar surface area (TPSA) is 33.6 Å². The van der Waals surface area contributed by atoms with E-state index in [2.05, 4.69) is 24.3 Å². The van der Waals surface area contributed by atoms with Gasteiger partial charge in [0.25, 0.3) is 0 Å². The van der Waals surface area contributed by atoms with Crippen molar-refractivity contribution in [1.29, 1.82) is 0 Å². The van der Waals surface area contributed by atoms with Crippen LogP contribution in [0.25, 0.3) is 0 Å². The van der Waals surface area contributed by atoms with E-state index in [9.17, 15) is 0 Å². The molecule has 37 heavy (non-hydrogen) atoms. The maximum atomic E-state index is 5.89. The molecule has 0 saturated carbocycles. The molecule has 1 N–H and O–H groups in total. The van der Waals surface area contributed by atoms with Crippen molar-refractivity contribution in [2.24, 2.45) is 5.16 Å². The van der Waals surface area contributed by atoms with Crippen LogP contribution in [0.3, 0.4) is 0 Å². The zero-order valence-corrected chi connectivity index (χ0v) is 26.0. The van der Waals surface area contributed by atoms with Gasteiger partial charge in [-0.3, -0.25) is 0 Å². The highest BCUT2D eigenvalue weighted by Gasteiger charge is 2.09. The van der Waals surface area contributed by atoms with E-state index < -0.39 is 0 Å². The molecule has 0 unspecified atom stereocenters. The van der Waals surface area contributed by atoms with E-state index in [1.165, 1.54) is 180 Å². The fraction of sp³-hybridized carbons (Fsp3) is 0.971. The molecule has 0 spiro atoms. The Kier molecular flexibility index (Phi) is 32.9. The second-order valence-electron chi connectivity index (χ2n) is 11.6. The van der Waals surface area contributed by atoms with Crippen LogP contribution in [0.15, 0.2) is 5.16 Å². The van der Waals surface area contributed by atoms with Gasteiger partial charge in [0.1, 0.15) is 6.10 Å². The maximum absolute atomic E-state index is 5.89. The van der Waals surface area contributed by atoms with Crippen LogP contribution in [-0.4, -0.2) is 25.9 Å². The van der Waals surface area contributed by atoms with Crippen LogP contribution in [0.2, 0.25) is 0 Å². The third-order valence-electron chi connectivity index (χ3n) is 7.84. The van der Waals surface area contributed by atoms with Crippen LogP contribution in [0.5, 0.6) is 0 Å². The van der Waals surface area contributed by atoms with Crippen molar-refractivity contribution < 1.29 is 4.84 Å². The monoisotopic (exact) mass is 523 g/mol. The van der Waals surface area contributed by atoms with E-state index >= 15 is 0 Å². The van der Waals surface area contributed by atoms with Gasteiger partial charge in [-0.25, -0.2) is 0 Å². The van der Waals surface area contributed by atoms with E-state index in [4.69, 9.17) is 4.84 Å². The zero-order valence-electron chi connectivity index (χ0n) is 26.0. The minimum absolute atomic E-state index is 0.313. The lowest BCUT2D eigenvalue weighted by molar-refractivity contribution is 0.0438. The summed E-state index contributed by atoms with van der Waals surface area (Å²) in [5, 5.41) is 7.34. The number of rotatable bonds is 32. The first-order chi connectivity index (χ1) is 18.3. The van der Waals surface area contributed by atoms with Gasteiger partial charge < -0.3 is 10.2 Å². The van der Waals surface area contributed by atoms with E-state index in [1.54, 1.807) is 0 Å². The summed E-state index contributed by atoms with van der Waals surface area (Å²) in [5.41, 5.74) is 0. The molecule has 0 aliphatic rings. The van der Waals surface area contributed by atoms with Crippen molar-refractivity contribution >= 4 is 6.21 Å². The standard InChI is InChI=1S/C34H70N2O/c1-4-6-8-10-12-14-16-18-20-22-24-26-28-30-34(37-36-33-32-35-3)31-29-27-25-23-21-19-17-15-13-11-9-7-5-2/h33-35H,4-32H2,1-3H3/b36-33+. The van der Waals surface area contributed by atoms with Crippen LogP contribution < -0.4 is 5.32 Å². The Bertz CT molecular complexity index is 396. The summed E-state index contributed by atoms with van der Waals surface area (Å²) in [6, 6.07) is 0. The number of nitrogens with zero attached hydrogens (tertiary/aromatic N) is 1. The fourth-order valence-electron chi connectivity index (χ4n) is 5.29. The molecule has 0 amide bonds. The first-order valence-corrected chi connectivity index (χ1v) is 17.2. The van der Waals surface area contributed by atoms with Gasteiger partial charge in [0.2, 0.25) is 0 Å². The molecule has 0 aromatic rings. The Labute approximate surface area is 234 Å². The van der Waals surface area contributed by atoms with Gasteiger partial charge >= 0.3 is 0 Å². The number of unbranched alkanes of at least 4 members (excludes halogenated alkanes) is 24. The molecule has 3 nitrogen and oxygen atoms in total. The minimum atomic E-state index is 0.313. The molecule has 3 heteroatoms. The number of nitrogens with one attached hydrogen (secondary N) is 1. The summed E-state index contributed by atoms with van der Waals surface area (Å²) in [4.78, 5) is 5.89. The summed E-state index contributed by atoms with van der Waals surface area (Å²) in [7, 11) is 1.95. The summed E-state index contributed by atoms with van der Waals surface area (Å²) in [5.74, 6) is 0. The molecule has 0 aliphatic carbocycles. The lowest BCUT2D eigenvalue weighted by Crippen LogP contribution is -2.12. The Hall–Kier alpha value is -0.570. The SMILES string of the molecule is CCCCCCCCCCCCCCCC(CCCCCCCCCCCCCCC)O/N=C/CNC. The van der Waals surface area contributed by atoms with E-state index in [-0.39, 0.29) is 0 Å². The molecule has 0 radical (unpaired) electrons. The van der Waals surface area contributed by atoms with Crippen molar-refractivity contribution in [2.45, 2.75) is 200 Å². The van der Waals surface area contributed by atoms with E-state index in [1.807, 2.05) is 13.3 Å². The van der Waals surface area contributed by atoms with Gasteiger partial charge in [0.05, 0.1) is 6.21 Å². The van der Waals surface area contributed by atoms with Crippen molar-refractivity contribution in [1.82, 2.24) is 5.32 Å². The van der Waals surface area contributed by atoms with E-state index in [0.717, 1.165) is 6.54 Å². The fourth-order valence-corrected chi connectivity index (χ4v) is 5.29. The highest BCUT2D eigenvalue weighted by molar-refractivity contribution is 5.58. The molecular formula is C34H70N2O. The van der Waals surface area contributed by atoms with Gasteiger partial charge in [0.15, 0.2) is 0 Å². The lowest BCUT2D eigenvalue weighted by atomic mass is 10.0. The molecule has 0 aliphatic heterocycles. The summed E-state index contributed by atoms with van der Waals surface area (Å²) >= 11 is 0. The third-order valence-corrected chi connectivity index (χ3v) is 7.84. The van der Waals surface area contributed by atoms with E-state index in [0.29, 0.717) is 6.10 Å². The van der Waals surface area contributed by atoms with Crippen LogP contribution in [0.4, 0.5) is 0 Å². The number of oxime groups is 1. The second-order valence-corrected chi connectivity index (χ2v) is 11.6. The molecule has 0 rings (SSSR count). The average molecular weight is 523 g/mol. The Morgan fingerprint density at radius 1 is 0.486 bits per heavy atom. The number of hydrogen-bond acceptors (Lipinski definition) is 3. The molecule has 0 aromatic heterocycles. The van der Waals surface area contributed by atoms with Crippen molar-refractivity contribution in [2.75, 3.05) is 13.6 Å². The largest absolute Gasteiger partial charge is 0.393 e. The highest BCUT2D eigenvalue weighted by atomic mass is 16.6. The van der Waals surface area contributed by atoms with Crippen molar-refractivity contribution in [3.8, 4) is 0 Å². The lowest BCUT2D eigenvalue weighted by Gasteiger charge is -2.15. The average Bonchev–Trinajstić information content (AvgIpc) is 2.91. The molecule has 0 bridgehead atoms. The summed E-state index contributed by atoms with van der Waals surface area (Å²) < 4.78 is 0. The van der Waals surface area contributed by atoms with Crippen molar-refractivity contribution in [3.05, 3.63) is 0 Å². The Balaban J connectivity index is 3.67. The van der Waals surface area contributed by atoms with Gasteiger partial charge in [-0.15, -0.1) is 0 Å². The third kappa shape index (κ3) is 31.5. The first-order valence-electron chi connectivity index (χ1n) is 17.2. The maximum Gasteiger partial charge on any atom is 0.127 e. The minimum Gasteiger partial charge on any atom is -0.393 e. The summed E-state index contributed by atoms with van der Waals surface area (Å²) in [6.07, 6.45) is 41.3. The molecule has 0 atom stereocenters. The molecule has 0 fully saturated rings. The van der Waals surface area contributed by atoms with Crippen molar-refractivity contribution in [3.63, 3.8) is 0 Å². The second kappa shape index (κ2) is 33.5. The molecule has 0 aromatic carbocycles. The van der Waals surface area contributed by atoms with Gasteiger partial charge in [-0.2, -0.15) is 0 Å². The van der Waals surface area contributed by atoms with Crippen LogP contribution in [0, 0.1) is 0 Å². The predicted molar refractivity (Wildman–Crippen MR) is 168 cm³/mol. The smallest absolute Gasteiger partial charge is 0.127 e. The normalized spacial score (nSPS) is 11.8. The highest BCUT2D eigenvalue weighted by Crippen LogP contribution is 2.18. The molecular weight excluding hydrogens is 452 g/mol. The number of hydrogen-bond donors (Lipinski definition) is 1. The Morgan fingerprint density at radius 3 is 1.08 bits per heavy atom. The Morgan fingerprint density at radius 2 is 0.784 bits per heavy atom. The molecule has 222 valence electrons. The van der Waals surface area contributed by atoms with Gasteiger partial charge in [-0.05, 0) is 32.7 Å². The summed E-state index contributed by atoms with van der Waals surface area (Å²) in [6.45, 7) is 5.38. The first kappa shape index (κ1) is 36.4. The quantitative estimate of drug-likeness (QED) is 0.0541. The predicted octanol–water partition coefficient (Wildman–Crippen LogP) is 11.5. The molecule has 0 heterocycles. The van der Waals surface area contributed by atoms with Crippen LogP contribution in [0.1, 0.15) is 194 Å². The van der Waals surface area contributed by atoms with Gasteiger partial charge in [0, 0.05) is 6.54 Å². The van der Waals surface area contributed by atoms with Crippen LogP contribution in [-0.2, 0) is 4.84 Å².